The Hall–Kier alpha value is -2.04. The van der Waals surface area contributed by atoms with Crippen molar-refractivity contribution in [3.05, 3.63) is 65.6 Å². The van der Waals surface area contributed by atoms with E-state index in [1.165, 1.54) is 19.4 Å². The van der Waals surface area contributed by atoms with Crippen LogP contribution in [0.2, 0.25) is 0 Å². The monoisotopic (exact) mass is 266 g/mol. The normalized spacial score (nSPS) is 10.8. The first kappa shape index (κ1) is 13.4. The second-order valence-corrected chi connectivity index (χ2v) is 3.88. The van der Waals surface area contributed by atoms with Crippen molar-refractivity contribution in [1.29, 1.82) is 0 Å². The van der Waals surface area contributed by atoms with E-state index in [0.717, 1.165) is 12.1 Å². The van der Waals surface area contributed by atoms with Gasteiger partial charge in [0.2, 0.25) is 0 Å². The second kappa shape index (κ2) is 5.73. The maximum Gasteiger partial charge on any atom is 0.266 e. The number of aromatic nitrogens is 1. The Labute approximate surface area is 108 Å². The molecule has 0 saturated carbocycles. The first-order valence-corrected chi connectivity index (χ1v) is 5.51. The van der Waals surface area contributed by atoms with E-state index in [0.29, 0.717) is 16.9 Å². The fourth-order valence-corrected chi connectivity index (χ4v) is 1.64. The number of alkyl halides is 2. The molecule has 1 aromatic carbocycles. The maximum absolute atomic E-state index is 13.2. The van der Waals surface area contributed by atoms with Gasteiger partial charge in [0, 0.05) is 12.6 Å². The van der Waals surface area contributed by atoms with Crippen LogP contribution in [0.1, 0.15) is 23.1 Å². The lowest BCUT2D eigenvalue weighted by molar-refractivity contribution is 0.146. The summed E-state index contributed by atoms with van der Waals surface area (Å²) in [6, 6.07) is 5.29. The average molecular weight is 266 g/mol. The fraction of sp³-hybridized carbons (Fsp3) is 0.143. The Morgan fingerprint density at radius 1 is 1.16 bits per heavy atom. The van der Waals surface area contributed by atoms with Crippen molar-refractivity contribution in [1.82, 2.24) is 4.98 Å². The standard InChI is InChI=1S/C14H11F3NO/c1-19-11-5-10(7-18-8-11)4-9-2-3-13(15)12(6-9)14(16)17/h2-8,14H,1H3. The van der Waals surface area contributed by atoms with Crippen LogP contribution >= 0.6 is 0 Å². The molecule has 0 spiro atoms. The van der Waals surface area contributed by atoms with Crippen molar-refractivity contribution in [2.75, 3.05) is 7.11 Å². The number of ether oxygens (including phenoxy) is 1. The summed E-state index contributed by atoms with van der Waals surface area (Å²) in [4.78, 5) is 3.95. The number of rotatable bonds is 4. The Balaban J connectivity index is 2.25. The molecule has 2 aromatic rings. The number of nitrogens with zero attached hydrogens (tertiary/aromatic N) is 1. The molecule has 0 atom stereocenters. The van der Waals surface area contributed by atoms with E-state index in [1.54, 1.807) is 18.7 Å². The van der Waals surface area contributed by atoms with Crippen LogP contribution in [0.5, 0.6) is 5.75 Å². The molecule has 99 valence electrons. The molecule has 2 rings (SSSR count). The zero-order valence-electron chi connectivity index (χ0n) is 10.1. The van der Waals surface area contributed by atoms with Gasteiger partial charge in [-0.05, 0) is 29.3 Å². The molecule has 5 heteroatoms. The molecule has 0 amide bonds. The van der Waals surface area contributed by atoms with Crippen molar-refractivity contribution in [2.24, 2.45) is 0 Å². The Bertz CT molecular complexity index is 572. The SMILES string of the molecule is COc1cncc([CH]c2ccc(F)c(C(F)F)c2)c1. The van der Waals surface area contributed by atoms with Crippen LogP contribution < -0.4 is 4.74 Å². The highest BCUT2D eigenvalue weighted by Gasteiger charge is 2.14. The third-order valence-corrected chi connectivity index (χ3v) is 2.56. The quantitative estimate of drug-likeness (QED) is 0.840. The fourth-order valence-electron chi connectivity index (χ4n) is 1.64. The Morgan fingerprint density at radius 2 is 1.95 bits per heavy atom. The van der Waals surface area contributed by atoms with Gasteiger partial charge in [0.05, 0.1) is 18.9 Å². The molecule has 1 heterocycles. The van der Waals surface area contributed by atoms with Crippen molar-refractivity contribution in [2.45, 2.75) is 6.43 Å². The Kier molecular flexibility index (Phi) is 4.04. The molecule has 0 aliphatic heterocycles. The molecule has 0 saturated heterocycles. The largest absolute Gasteiger partial charge is 0.495 e. The van der Waals surface area contributed by atoms with Gasteiger partial charge in [-0.15, -0.1) is 0 Å². The molecule has 2 nitrogen and oxygen atoms in total. The minimum Gasteiger partial charge on any atom is -0.495 e. The Morgan fingerprint density at radius 3 is 2.63 bits per heavy atom. The molecular weight excluding hydrogens is 255 g/mol. The van der Waals surface area contributed by atoms with Crippen LogP contribution in [0.4, 0.5) is 13.2 Å². The lowest BCUT2D eigenvalue weighted by Crippen LogP contribution is -1.94. The summed E-state index contributed by atoms with van der Waals surface area (Å²) < 4.78 is 43.3. The minimum absolute atomic E-state index is 0.478. The number of halogens is 3. The smallest absolute Gasteiger partial charge is 0.266 e. The molecule has 1 radical (unpaired) electrons. The van der Waals surface area contributed by atoms with Crippen molar-refractivity contribution in [3.8, 4) is 5.75 Å². The predicted molar refractivity (Wildman–Crippen MR) is 64.7 cm³/mol. The topological polar surface area (TPSA) is 22.1 Å². The summed E-state index contributed by atoms with van der Waals surface area (Å²) in [5, 5.41) is 0. The van der Waals surface area contributed by atoms with Crippen LogP contribution in [0.25, 0.3) is 0 Å². The van der Waals surface area contributed by atoms with Gasteiger partial charge in [-0.25, -0.2) is 13.2 Å². The first-order valence-electron chi connectivity index (χ1n) is 5.51. The number of pyridine rings is 1. The summed E-state index contributed by atoms with van der Waals surface area (Å²) in [5.74, 6) is -0.346. The van der Waals surface area contributed by atoms with Crippen molar-refractivity contribution in [3.63, 3.8) is 0 Å². The highest BCUT2D eigenvalue weighted by atomic mass is 19.3. The lowest BCUT2D eigenvalue weighted by Gasteiger charge is -2.07. The summed E-state index contributed by atoms with van der Waals surface area (Å²) in [7, 11) is 1.51. The van der Waals surface area contributed by atoms with Gasteiger partial charge in [-0.2, -0.15) is 0 Å². The zero-order chi connectivity index (χ0) is 13.8. The van der Waals surface area contributed by atoms with Crippen LogP contribution in [0, 0.1) is 12.2 Å². The van der Waals surface area contributed by atoms with Crippen LogP contribution in [-0.2, 0) is 0 Å². The van der Waals surface area contributed by atoms with E-state index < -0.39 is 17.8 Å². The minimum atomic E-state index is -2.84. The van der Waals surface area contributed by atoms with E-state index >= 15 is 0 Å². The highest BCUT2D eigenvalue weighted by molar-refractivity contribution is 5.40. The van der Waals surface area contributed by atoms with Crippen LogP contribution in [-0.4, -0.2) is 12.1 Å². The third kappa shape index (κ3) is 3.24. The maximum atomic E-state index is 13.2. The molecule has 0 aliphatic carbocycles. The van der Waals surface area contributed by atoms with E-state index in [2.05, 4.69) is 4.98 Å². The van der Waals surface area contributed by atoms with Gasteiger partial charge in [-0.3, -0.25) is 4.98 Å². The van der Waals surface area contributed by atoms with Gasteiger partial charge in [0.15, 0.2) is 0 Å². The summed E-state index contributed by atoms with van der Waals surface area (Å²) >= 11 is 0. The van der Waals surface area contributed by atoms with Crippen LogP contribution in [0.3, 0.4) is 0 Å². The summed E-state index contributed by atoms with van der Waals surface area (Å²) in [5.41, 5.74) is 0.558. The molecule has 0 aliphatic rings. The van der Waals surface area contributed by atoms with E-state index in [4.69, 9.17) is 4.74 Å². The highest BCUT2D eigenvalue weighted by Crippen LogP contribution is 2.25. The van der Waals surface area contributed by atoms with Gasteiger partial charge < -0.3 is 4.74 Å². The average Bonchev–Trinajstić information content (AvgIpc) is 2.41. The van der Waals surface area contributed by atoms with E-state index in [9.17, 15) is 13.2 Å². The number of benzene rings is 1. The van der Waals surface area contributed by atoms with Gasteiger partial charge in [-0.1, -0.05) is 6.07 Å². The summed E-state index contributed by atoms with van der Waals surface area (Å²) in [6.45, 7) is 0. The second-order valence-electron chi connectivity index (χ2n) is 3.88. The molecule has 0 unspecified atom stereocenters. The number of methoxy groups -OCH3 is 1. The molecule has 1 aromatic heterocycles. The van der Waals surface area contributed by atoms with E-state index in [1.807, 2.05) is 0 Å². The van der Waals surface area contributed by atoms with Gasteiger partial charge >= 0.3 is 0 Å². The zero-order valence-corrected chi connectivity index (χ0v) is 10.1. The van der Waals surface area contributed by atoms with Gasteiger partial charge in [0.1, 0.15) is 11.6 Å². The third-order valence-electron chi connectivity index (χ3n) is 2.56. The predicted octanol–water partition coefficient (Wildman–Crippen LogP) is 3.77. The van der Waals surface area contributed by atoms with Crippen molar-refractivity contribution < 1.29 is 17.9 Å². The van der Waals surface area contributed by atoms with Crippen molar-refractivity contribution >= 4 is 0 Å². The molecule has 0 N–H and O–H groups in total. The van der Waals surface area contributed by atoms with Gasteiger partial charge in [0.25, 0.3) is 6.43 Å². The molecule has 19 heavy (non-hydrogen) atoms. The van der Waals surface area contributed by atoms with E-state index in [-0.39, 0.29) is 0 Å². The first-order chi connectivity index (χ1) is 9.10. The number of hydrogen-bond donors (Lipinski definition) is 0. The molecule has 0 bridgehead atoms. The summed E-state index contributed by atoms with van der Waals surface area (Å²) in [6.07, 6.45) is 1.89. The molecule has 0 fully saturated rings. The number of hydrogen-bond acceptors (Lipinski definition) is 2. The van der Waals surface area contributed by atoms with Crippen LogP contribution in [0.15, 0.2) is 36.7 Å². The molecular formula is C14H11F3NO. The lowest BCUT2D eigenvalue weighted by atomic mass is 10.0.